The molecule has 0 amide bonds. The lowest BCUT2D eigenvalue weighted by Gasteiger charge is -2.17. The Kier molecular flexibility index (Phi) is 6.70. The second kappa shape index (κ2) is 8.53. The maximum atomic E-state index is 5.35. The van der Waals surface area contributed by atoms with Gasteiger partial charge < -0.3 is 15.4 Å². The molecule has 4 nitrogen and oxygen atoms in total. The van der Waals surface area contributed by atoms with Crippen LogP contribution in [-0.2, 0) is 10.2 Å². The Hall–Kier alpha value is -1.07. The molecule has 0 radical (unpaired) electrons. The molecule has 5 heteroatoms. The molecule has 1 saturated carbocycles. The summed E-state index contributed by atoms with van der Waals surface area (Å²) in [6.45, 7) is 8.01. The Labute approximate surface area is 141 Å². The van der Waals surface area contributed by atoms with Crippen molar-refractivity contribution in [1.82, 2.24) is 10.6 Å². The third kappa shape index (κ3) is 4.71. The number of hydrogen-bond acceptors (Lipinski definition) is 2. The molecule has 122 valence electrons. The molecule has 0 atom stereocenters. The minimum Gasteiger partial charge on any atom is -0.380 e. The van der Waals surface area contributed by atoms with Gasteiger partial charge in [0.1, 0.15) is 0 Å². The molecular formula is C17H26BrN3O. The van der Waals surface area contributed by atoms with Crippen molar-refractivity contribution in [3.63, 3.8) is 0 Å². The van der Waals surface area contributed by atoms with Gasteiger partial charge in [-0.05, 0) is 38.3 Å². The van der Waals surface area contributed by atoms with Gasteiger partial charge in [0.15, 0.2) is 5.96 Å². The first-order valence-corrected chi connectivity index (χ1v) is 8.86. The van der Waals surface area contributed by atoms with Gasteiger partial charge in [0.05, 0.1) is 13.2 Å². The van der Waals surface area contributed by atoms with Crippen LogP contribution in [0.4, 0.5) is 0 Å². The predicted octanol–water partition coefficient (Wildman–Crippen LogP) is 3.07. The van der Waals surface area contributed by atoms with Crippen LogP contribution in [0.5, 0.6) is 0 Å². The number of nitrogens with one attached hydrogen (secondary N) is 2. The molecule has 1 aromatic carbocycles. The van der Waals surface area contributed by atoms with Crippen LogP contribution < -0.4 is 10.6 Å². The molecule has 0 spiro atoms. The third-order valence-corrected chi connectivity index (χ3v) is 4.62. The lowest BCUT2D eigenvalue weighted by Crippen LogP contribution is -2.39. The molecule has 2 N–H and O–H groups in total. The summed E-state index contributed by atoms with van der Waals surface area (Å²) < 4.78 is 6.55. The highest BCUT2D eigenvalue weighted by atomic mass is 79.9. The summed E-state index contributed by atoms with van der Waals surface area (Å²) in [4.78, 5) is 4.78. The van der Waals surface area contributed by atoms with Crippen molar-refractivity contribution in [2.24, 2.45) is 4.99 Å². The van der Waals surface area contributed by atoms with Crippen LogP contribution in [0.1, 0.15) is 32.3 Å². The highest BCUT2D eigenvalue weighted by Crippen LogP contribution is 2.50. The SMILES string of the molecule is CCNC(=NCC1(c2ccccc2Br)CC1)NCCOCC. The highest BCUT2D eigenvalue weighted by molar-refractivity contribution is 9.10. The molecule has 1 aliphatic rings. The van der Waals surface area contributed by atoms with Crippen LogP contribution in [-0.4, -0.2) is 38.8 Å². The number of hydrogen-bond donors (Lipinski definition) is 2. The zero-order chi connectivity index (χ0) is 15.8. The maximum absolute atomic E-state index is 5.35. The van der Waals surface area contributed by atoms with Crippen LogP contribution in [0, 0.1) is 0 Å². The Bertz CT molecular complexity index is 500. The number of aliphatic imine (C=N–C) groups is 1. The van der Waals surface area contributed by atoms with Crippen molar-refractivity contribution in [1.29, 1.82) is 0 Å². The van der Waals surface area contributed by atoms with E-state index in [1.54, 1.807) is 0 Å². The molecule has 22 heavy (non-hydrogen) atoms. The molecule has 0 aromatic heterocycles. The first kappa shape index (κ1) is 17.3. The molecule has 0 heterocycles. The van der Waals surface area contributed by atoms with Crippen molar-refractivity contribution in [2.75, 3.05) is 32.8 Å². The van der Waals surface area contributed by atoms with Gasteiger partial charge in [-0.15, -0.1) is 0 Å². The van der Waals surface area contributed by atoms with Crippen LogP contribution in [0.3, 0.4) is 0 Å². The molecule has 0 saturated heterocycles. The molecule has 1 aromatic rings. The maximum Gasteiger partial charge on any atom is 0.191 e. The normalized spacial score (nSPS) is 16.4. The molecule has 2 rings (SSSR count). The monoisotopic (exact) mass is 367 g/mol. The topological polar surface area (TPSA) is 45.7 Å². The van der Waals surface area contributed by atoms with Crippen LogP contribution in [0.25, 0.3) is 0 Å². The van der Waals surface area contributed by atoms with Crippen LogP contribution >= 0.6 is 15.9 Å². The summed E-state index contributed by atoms with van der Waals surface area (Å²) in [5.74, 6) is 0.875. The van der Waals surface area contributed by atoms with Gasteiger partial charge in [-0.2, -0.15) is 0 Å². The van der Waals surface area contributed by atoms with E-state index in [-0.39, 0.29) is 5.41 Å². The third-order valence-electron chi connectivity index (χ3n) is 3.93. The molecule has 1 aliphatic carbocycles. The Morgan fingerprint density at radius 1 is 1.27 bits per heavy atom. The van der Waals surface area contributed by atoms with Gasteiger partial charge in [0.25, 0.3) is 0 Å². The van der Waals surface area contributed by atoms with Crippen molar-refractivity contribution >= 4 is 21.9 Å². The Morgan fingerprint density at radius 2 is 2.05 bits per heavy atom. The number of benzene rings is 1. The summed E-state index contributed by atoms with van der Waals surface area (Å²) in [5, 5.41) is 6.62. The average molecular weight is 368 g/mol. The van der Waals surface area contributed by atoms with E-state index in [9.17, 15) is 0 Å². The standard InChI is InChI=1S/C17H26BrN3O/c1-3-19-16(20-11-12-22-4-2)21-13-17(9-10-17)14-7-5-6-8-15(14)18/h5-8H,3-4,9-13H2,1-2H3,(H2,19,20,21). The zero-order valence-electron chi connectivity index (χ0n) is 13.5. The molecule has 0 bridgehead atoms. The average Bonchev–Trinajstić information content (AvgIpc) is 3.30. The molecule has 0 aliphatic heterocycles. The zero-order valence-corrected chi connectivity index (χ0v) is 15.1. The summed E-state index contributed by atoms with van der Waals surface area (Å²) in [6.07, 6.45) is 2.41. The van der Waals surface area contributed by atoms with Gasteiger partial charge in [-0.25, -0.2) is 0 Å². The fourth-order valence-corrected chi connectivity index (χ4v) is 3.22. The van der Waals surface area contributed by atoms with Gasteiger partial charge in [-0.1, -0.05) is 34.1 Å². The van der Waals surface area contributed by atoms with Crippen LogP contribution in [0.15, 0.2) is 33.7 Å². The van der Waals surface area contributed by atoms with E-state index in [1.807, 2.05) is 6.92 Å². The Morgan fingerprint density at radius 3 is 2.68 bits per heavy atom. The number of rotatable bonds is 8. The minimum absolute atomic E-state index is 0.211. The highest BCUT2D eigenvalue weighted by Gasteiger charge is 2.45. The van der Waals surface area contributed by atoms with Crippen molar-refractivity contribution in [2.45, 2.75) is 32.1 Å². The first-order chi connectivity index (χ1) is 10.7. The van der Waals surface area contributed by atoms with Crippen molar-refractivity contribution in [3.8, 4) is 0 Å². The number of halogens is 1. The Balaban J connectivity index is 1.96. The molecular weight excluding hydrogens is 342 g/mol. The largest absolute Gasteiger partial charge is 0.380 e. The van der Waals surface area contributed by atoms with E-state index in [4.69, 9.17) is 9.73 Å². The van der Waals surface area contributed by atoms with Crippen LogP contribution in [0.2, 0.25) is 0 Å². The lowest BCUT2D eigenvalue weighted by atomic mass is 9.96. The van der Waals surface area contributed by atoms with Gasteiger partial charge in [-0.3, -0.25) is 4.99 Å². The van der Waals surface area contributed by atoms with E-state index in [0.717, 1.165) is 32.2 Å². The molecule has 0 unspecified atom stereocenters. The van der Waals surface area contributed by atoms with E-state index in [1.165, 1.54) is 22.9 Å². The minimum atomic E-state index is 0.211. The number of nitrogens with zero attached hydrogens (tertiary/aromatic N) is 1. The quantitative estimate of drug-likeness (QED) is 0.421. The van der Waals surface area contributed by atoms with E-state index in [2.05, 4.69) is 57.8 Å². The number of guanidine groups is 1. The lowest BCUT2D eigenvalue weighted by molar-refractivity contribution is 0.152. The smallest absolute Gasteiger partial charge is 0.191 e. The van der Waals surface area contributed by atoms with Crippen molar-refractivity contribution < 1.29 is 4.74 Å². The van der Waals surface area contributed by atoms with Gasteiger partial charge in [0.2, 0.25) is 0 Å². The van der Waals surface area contributed by atoms with Gasteiger partial charge >= 0.3 is 0 Å². The summed E-state index contributed by atoms with van der Waals surface area (Å²) in [7, 11) is 0. The summed E-state index contributed by atoms with van der Waals surface area (Å²) >= 11 is 3.67. The van der Waals surface area contributed by atoms with E-state index < -0.39 is 0 Å². The fourth-order valence-electron chi connectivity index (χ4n) is 2.51. The summed E-state index contributed by atoms with van der Waals surface area (Å²) in [6, 6.07) is 8.49. The predicted molar refractivity (Wildman–Crippen MR) is 95.5 cm³/mol. The second-order valence-corrected chi connectivity index (χ2v) is 6.43. The summed E-state index contributed by atoms with van der Waals surface area (Å²) in [5.41, 5.74) is 1.59. The van der Waals surface area contributed by atoms with Gasteiger partial charge in [0, 0.05) is 29.6 Å². The second-order valence-electron chi connectivity index (χ2n) is 5.58. The van der Waals surface area contributed by atoms with Crippen molar-refractivity contribution in [3.05, 3.63) is 34.3 Å². The molecule has 1 fully saturated rings. The van der Waals surface area contributed by atoms with E-state index in [0.29, 0.717) is 6.61 Å². The number of ether oxygens (including phenoxy) is 1. The first-order valence-electron chi connectivity index (χ1n) is 8.07. The van der Waals surface area contributed by atoms with E-state index >= 15 is 0 Å². The fraction of sp³-hybridized carbons (Fsp3) is 0.588.